The molecule has 0 aromatic heterocycles. The van der Waals surface area contributed by atoms with Crippen molar-refractivity contribution in [3.63, 3.8) is 0 Å². The summed E-state index contributed by atoms with van der Waals surface area (Å²) >= 11 is 0. The Kier molecular flexibility index (Phi) is 6.38. The quantitative estimate of drug-likeness (QED) is 0.693. The zero-order chi connectivity index (χ0) is 20.2. The molecular formula is C18H24N2O5S2. The zero-order valence-electron chi connectivity index (χ0n) is 15.7. The Morgan fingerprint density at radius 1 is 0.963 bits per heavy atom. The highest BCUT2D eigenvalue weighted by Crippen LogP contribution is 2.28. The van der Waals surface area contributed by atoms with Crippen molar-refractivity contribution >= 4 is 31.4 Å². The summed E-state index contributed by atoms with van der Waals surface area (Å²) in [6.45, 7) is 5.30. The van der Waals surface area contributed by atoms with E-state index in [1.54, 1.807) is 51.1 Å². The van der Waals surface area contributed by atoms with Gasteiger partial charge in [-0.1, -0.05) is 32.0 Å². The van der Waals surface area contributed by atoms with Gasteiger partial charge in [0.25, 0.3) is 10.0 Å². The molecule has 0 saturated carbocycles. The summed E-state index contributed by atoms with van der Waals surface area (Å²) in [5.41, 5.74) is 1.15. The van der Waals surface area contributed by atoms with Crippen molar-refractivity contribution in [2.45, 2.75) is 25.7 Å². The molecule has 0 atom stereocenters. The van der Waals surface area contributed by atoms with Gasteiger partial charge in [-0.05, 0) is 42.7 Å². The van der Waals surface area contributed by atoms with Gasteiger partial charge in [0, 0.05) is 0 Å². The van der Waals surface area contributed by atoms with Crippen LogP contribution < -0.4 is 14.2 Å². The summed E-state index contributed by atoms with van der Waals surface area (Å²) in [6, 6.07) is 10.9. The van der Waals surface area contributed by atoms with Crippen molar-refractivity contribution in [3.8, 4) is 5.75 Å². The second kappa shape index (κ2) is 8.18. The van der Waals surface area contributed by atoms with Crippen LogP contribution in [0.1, 0.15) is 19.4 Å². The van der Waals surface area contributed by atoms with Crippen molar-refractivity contribution in [1.29, 1.82) is 0 Å². The summed E-state index contributed by atoms with van der Waals surface area (Å²) in [6.07, 6.45) is 0. The molecule has 2 aromatic carbocycles. The standard InChI is InChI=1S/C18H24N2O5S2/c1-13(2)12-26(21,22)19-17-11-15(10-9-14(17)3)27(23,24)20-16-7-5-6-8-18(16)25-4/h5-11,13,19-20H,12H2,1-4H3. The summed E-state index contributed by atoms with van der Waals surface area (Å²) in [5, 5.41) is 0. The number of para-hydroxylation sites is 2. The molecule has 2 N–H and O–H groups in total. The van der Waals surface area contributed by atoms with E-state index in [9.17, 15) is 16.8 Å². The number of aryl methyl sites for hydroxylation is 1. The Morgan fingerprint density at radius 2 is 1.63 bits per heavy atom. The monoisotopic (exact) mass is 412 g/mol. The van der Waals surface area contributed by atoms with Crippen LogP contribution in [0.3, 0.4) is 0 Å². The van der Waals surface area contributed by atoms with Gasteiger partial charge in [-0.2, -0.15) is 0 Å². The fourth-order valence-corrected chi connectivity index (χ4v) is 5.07. The molecule has 0 amide bonds. The molecule has 7 nitrogen and oxygen atoms in total. The molecule has 0 aliphatic carbocycles. The second-order valence-corrected chi connectivity index (χ2v) is 10.0. The largest absolute Gasteiger partial charge is 0.495 e. The van der Waals surface area contributed by atoms with E-state index in [1.165, 1.54) is 19.2 Å². The van der Waals surface area contributed by atoms with E-state index in [2.05, 4.69) is 9.44 Å². The maximum absolute atomic E-state index is 12.7. The van der Waals surface area contributed by atoms with Crippen LogP contribution in [0.2, 0.25) is 0 Å². The van der Waals surface area contributed by atoms with Crippen LogP contribution in [0.15, 0.2) is 47.4 Å². The van der Waals surface area contributed by atoms with E-state index in [0.717, 1.165) is 0 Å². The number of hydrogen-bond acceptors (Lipinski definition) is 5. The number of ether oxygens (including phenoxy) is 1. The topological polar surface area (TPSA) is 102 Å². The minimum Gasteiger partial charge on any atom is -0.495 e. The number of methoxy groups -OCH3 is 1. The van der Waals surface area contributed by atoms with Crippen LogP contribution in [0.25, 0.3) is 0 Å². The summed E-state index contributed by atoms with van der Waals surface area (Å²) < 4.78 is 60.0. The first kappa shape index (κ1) is 21.0. The van der Waals surface area contributed by atoms with Gasteiger partial charge in [0.15, 0.2) is 0 Å². The molecule has 0 radical (unpaired) electrons. The Balaban J connectivity index is 2.36. The van der Waals surface area contributed by atoms with E-state index in [0.29, 0.717) is 17.0 Å². The summed E-state index contributed by atoms with van der Waals surface area (Å²) in [7, 11) is -6.06. The number of benzene rings is 2. The second-order valence-electron chi connectivity index (χ2n) is 6.56. The molecular weight excluding hydrogens is 388 g/mol. The maximum atomic E-state index is 12.7. The van der Waals surface area contributed by atoms with E-state index in [4.69, 9.17) is 4.74 Å². The van der Waals surface area contributed by atoms with Crippen LogP contribution >= 0.6 is 0 Å². The van der Waals surface area contributed by atoms with Gasteiger partial charge < -0.3 is 4.74 Å². The fraction of sp³-hybridized carbons (Fsp3) is 0.333. The first-order chi connectivity index (χ1) is 12.5. The molecule has 2 aromatic rings. The minimum atomic E-state index is -3.93. The van der Waals surface area contributed by atoms with Gasteiger partial charge in [-0.25, -0.2) is 16.8 Å². The van der Waals surface area contributed by atoms with Crippen molar-refractivity contribution in [1.82, 2.24) is 0 Å². The lowest BCUT2D eigenvalue weighted by Crippen LogP contribution is -2.21. The van der Waals surface area contributed by atoms with Gasteiger partial charge in [-0.15, -0.1) is 0 Å². The third-order valence-corrected chi connectivity index (χ3v) is 6.69. The van der Waals surface area contributed by atoms with Crippen molar-refractivity contribution in [2.24, 2.45) is 5.92 Å². The summed E-state index contributed by atoms with van der Waals surface area (Å²) in [5.74, 6) is 0.274. The van der Waals surface area contributed by atoms with E-state index in [-0.39, 0.29) is 22.3 Å². The van der Waals surface area contributed by atoms with Crippen LogP contribution in [0.5, 0.6) is 5.75 Å². The van der Waals surface area contributed by atoms with Gasteiger partial charge >= 0.3 is 0 Å². The Labute approximate surface area is 160 Å². The lowest BCUT2D eigenvalue weighted by atomic mass is 10.2. The predicted octanol–water partition coefficient (Wildman–Crippen LogP) is 3.20. The minimum absolute atomic E-state index is 0.0527. The molecule has 2 rings (SSSR count). The SMILES string of the molecule is COc1ccccc1NS(=O)(=O)c1ccc(C)c(NS(=O)(=O)CC(C)C)c1. The average molecular weight is 413 g/mol. The number of hydrogen-bond donors (Lipinski definition) is 2. The van der Waals surface area contributed by atoms with E-state index >= 15 is 0 Å². The lowest BCUT2D eigenvalue weighted by Gasteiger charge is -2.15. The number of nitrogens with one attached hydrogen (secondary N) is 2. The normalized spacial score (nSPS) is 12.0. The highest BCUT2D eigenvalue weighted by atomic mass is 32.2. The molecule has 148 valence electrons. The van der Waals surface area contributed by atoms with Gasteiger partial charge in [0.2, 0.25) is 10.0 Å². The van der Waals surface area contributed by atoms with Crippen LogP contribution in [0.4, 0.5) is 11.4 Å². The highest BCUT2D eigenvalue weighted by molar-refractivity contribution is 7.93. The maximum Gasteiger partial charge on any atom is 0.262 e. The van der Waals surface area contributed by atoms with Crippen LogP contribution in [0, 0.1) is 12.8 Å². The Morgan fingerprint density at radius 3 is 2.26 bits per heavy atom. The third-order valence-electron chi connectivity index (χ3n) is 3.69. The molecule has 0 aliphatic heterocycles. The molecule has 9 heteroatoms. The molecule has 0 spiro atoms. The number of rotatable bonds is 8. The summed E-state index contributed by atoms with van der Waals surface area (Å²) in [4.78, 5) is -0.0544. The first-order valence-corrected chi connectivity index (χ1v) is 11.4. The van der Waals surface area contributed by atoms with Crippen molar-refractivity contribution in [2.75, 3.05) is 22.3 Å². The zero-order valence-corrected chi connectivity index (χ0v) is 17.3. The van der Waals surface area contributed by atoms with Crippen molar-refractivity contribution < 1.29 is 21.6 Å². The first-order valence-electron chi connectivity index (χ1n) is 8.31. The van der Waals surface area contributed by atoms with Gasteiger partial charge in [0.1, 0.15) is 5.75 Å². The average Bonchev–Trinajstić information content (AvgIpc) is 2.55. The van der Waals surface area contributed by atoms with Crippen molar-refractivity contribution in [3.05, 3.63) is 48.0 Å². The Bertz CT molecular complexity index is 1020. The molecule has 0 bridgehead atoms. The van der Waals surface area contributed by atoms with E-state index in [1.807, 2.05) is 0 Å². The van der Waals surface area contributed by atoms with Crippen LogP contribution in [-0.4, -0.2) is 29.7 Å². The number of anilines is 2. The predicted molar refractivity (Wildman–Crippen MR) is 107 cm³/mol. The molecule has 0 fully saturated rings. The smallest absolute Gasteiger partial charge is 0.262 e. The Hall–Kier alpha value is -2.26. The van der Waals surface area contributed by atoms with Gasteiger partial charge in [-0.3, -0.25) is 9.44 Å². The molecule has 0 saturated heterocycles. The lowest BCUT2D eigenvalue weighted by molar-refractivity contribution is 0.417. The molecule has 27 heavy (non-hydrogen) atoms. The molecule has 0 heterocycles. The molecule has 0 aliphatic rings. The third kappa shape index (κ3) is 5.61. The fourth-order valence-electron chi connectivity index (χ4n) is 2.46. The highest BCUT2D eigenvalue weighted by Gasteiger charge is 2.20. The van der Waals surface area contributed by atoms with E-state index < -0.39 is 20.0 Å². The number of sulfonamides is 2. The van der Waals surface area contributed by atoms with Gasteiger partial charge in [0.05, 0.1) is 29.1 Å². The molecule has 0 unspecified atom stereocenters. The van der Waals surface area contributed by atoms with Crippen LogP contribution in [-0.2, 0) is 20.0 Å².